The number of nitrogens with zero attached hydrogens (tertiary/aromatic N) is 1. The minimum Gasteiger partial charge on any atom is -0.495 e. The average molecular weight is 447 g/mol. The molecule has 0 aliphatic carbocycles. The van der Waals surface area contributed by atoms with Crippen LogP contribution < -0.4 is 10.1 Å². The third-order valence-electron chi connectivity index (χ3n) is 5.11. The van der Waals surface area contributed by atoms with Gasteiger partial charge in [0.05, 0.1) is 35.3 Å². The minimum atomic E-state index is -4.02. The Balaban J connectivity index is 1.98. The Morgan fingerprint density at radius 3 is 2.66 bits per heavy atom. The number of sulfone groups is 1. The van der Waals surface area contributed by atoms with Gasteiger partial charge in [-0.2, -0.15) is 4.31 Å². The molecule has 162 valence electrons. The highest BCUT2D eigenvalue weighted by Gasteiger charge is 2.40. The van der Waals surface area contributed by atoms with Gasteiger partial charge in [-0.3, -0.25) is 4.79 Å². The molecule has 9 nitrogen and oxygen atoms in total. The maximum atomic E-state index is 13.5. The van der Waals surface area contributed by atoms with Crippen LogP contribution in [-0.2, 0) is 29.4 Å². The van der Waals surface area contributed by atoms with Crippen LogP contribution in [0, 0.1) is 0 Å². The van der Waals surface area contributed by atoms with E-state index in [1.807, 2.05) is 0 Å². The molecule has 2 fully saturated rings. The summed E-state index contributed by atoms with van der Waals surface area (Å²) >= 11 is 0. The lowest BCUT2D eigenvalue weighted by molar-refractivity contribution is -0.114. The van der Waals surface area contributed by atoms with Crippen LogP contribution in [0.25, 0.3) is 0 Å². The summed E-state index contributed by atoms with van der Waals surface area (Å²) in [7, 11) is -5.88. The normalized spacial score (nSPS) is 24.0. The second kappa shape index (κ2) is 8.58. The summed E-state index contributed by atoms with van der Waals surface area (Å²) in [5.74, 6) is -0.271. The van der Waals surface area contributed by atoms with Gasteiger partial charge in [-0.25, -0.2) is 16.8 Å². The summed E-state index contributed by atoms with van der Waals surface area (Å²) in [5, 5.41) is 2.56. The molecule has 1 aromatic rings. The number of sulfonamides is 1. The predicted molar refractivity (Wildman–Crippen MR) is 107 cm³/mol. The van der Waals surface area contributed by atoms with E-state index >= 15 is 0 Å². The van der Waals surface area contributed by atoms with Crippen LogP contribution >= 0.6 is 0 Å². The number of amides is 1. The molecule has 0 unspecified atom stereocenters. The van der Waals surface area contributed by atoms with Crippen LogP contribution in [0.1, 0.15) is 26.2 Å². The van der Waals surface area contributed by atoms with E-state index in [0.29, 0.717) is 12.4 Å². The van der Waals surface area contributed by atoms with Crippen LogP contribution in [0.15, 0.2) is 23.1 Å². The predicted octanol–water partition coefficient (Wildman–Crippen LogP) is 1.01. The molecule has 2 aliphatic rings. The number of hydrogen-bond donors (Lipinski definition) is 1. The molecular formula is C18H26N2O7S2. The molecule has 0 radical (unpaired) electrons. The van der Waals surface area contributed by atoms with Gasteiger partial charge in [-0.15, -0.1) is 0 Å². The van der Waals surface area contributed by atoms with Crippen molar-refractivity contribution in [2.75, 3.05) is 37.1 Å². The Morgan fingerprint density at radius 1 is 1.34 bits per heavy atom. The number of ether oxygens (including phenoxy) is 2. The van der Waals surface area contributed by atoms with Gasteiger partial charge in [0.15, 0.2) is 9.84 Å². The summed E-state index contributed by atoms with van der Waals surface area (Å²) in [4.78, 5) is 11.4. The third-order valence-corrected chi connectivity index (χ3v) is 8.78. The van der Waals surface area contributed by atoms with E-state index in [2.05, 4.69) is 5.32 Å². The molecule has 11 heteroatoms. The van der Waals surface area contributed by atoms with E-state index in [4.69, 9.17) is 9.47 Å². The van der Waals surface area contributed by atoms with Gasteiger partial charge in [0.2, 0.25) is 15.9 Å². The monoisotopic (exact) mass is 446 g/mol. The zero-order chi connectivity index (χ0) is 21.2. The standard InChI is InChI=1S/C18H26N2O7S2/c1-13(21)19-17-10-16(5-6-18(17)26-2)29(24,25)20(11-15-4-3-8-27-15)14-7-9-28(22,23)12-14/h5-6,10,14-15H,3-4,7-9,11-12H2,1-2H3,(H,19,21)/t14-,15+/m0/s1. The van der Waals surface area contributed by atoms with Crippen LogP contribution in [0.5, 0.6) is 5.75 Å². The van der Waals surface area contributed by atoms with Crippen molar-refractivity contribution in [1.29, 1.82) is 0 Å². The van der Waals surface area contributed by atoms with Crippen LogP contribution in [0.2, 0.25) is 0 Å². The molecule has 2 saturated heterocycles. The quantitative estimate of drug-likeness (QED) is 0.664. The fourth-order valence-electron chi connectivity index (χ4n) is 3.71. The number of rotatable bonds is 7. The summed E-state index contributed by atoms with van der Waals surface area (Å²) in [6.45, 7) is 1.98. The average Bonchev–Trinajstić information content (AvgIpc) is 3.28. The van der Waals surface area contributed by atoms with Crippen molar-refractivity contribution in [3.05, 3.63) is 18.2 Å². The maximum Gasteiger partial charge on any atom is 0.243 e. The zero-order valence-electron chi connectivity index (χ0n) is 16.5. The second-order valence-corrected chi connectivity index (χ2v) is 11.4. The summed E-state index contributed by atoms with van der Waals surface area (Å²) in [6, 6.07) is 3.56. The van der Waals surface area contributed by atoms with Crippen LogP contribution in [0.3, 0.4) is 0 Å². The number of anilines is 1. The smallest absolute Gasteiger partial charge is 0.243 e. The van der Waals surface area contributed by atoms with Crippen molar-refractivity contribution in [3.8, 4) is 5.75 Å². The Morgan fingerprint density at radius 2 is 2.10 bits per heavy atom. The first-order valence-corrected chi connectivity index (χ1v) is 12.7. The Labute approximate surface area is 171 Å². The van der Waals surface area contributed by atoms with Crippen molar-refractivity contribution in [1.82, 2.24) is 4.31 Å². The molecule has 0 spiro atoms. The Kier molecular flexibility index (Phi) is 6.51. The number of carbonyl (C=O) groups is 1. The molecule has 2 aliphatic heterocycles. The Hall–Kier alpha value is -1.69. The number of methoxy groups -OCH3 is 1. The molecule has 29 heavy (non-hydrogen) atoms. The number of benzene rings is 1. The highest BCUT2D eigenvalue weighted by Crippen LogP contribution is 2.32. The van der Waals surface area contributed by atoms with E-state index in [1.54, 1.807) is 0 Å². The molecule has 0 aromatic heterocycles. The fraction of sp³-hybridized carbons (Fsp3) is 0.611. The fourth-order valence-corrected chi connectivity index (χ4v) is 7.24. The maximum absolute atomic E-state index is 13.5. The van der Waals surface area contributed by atoms with Crippen molar-refractivity contribution in [2.24, 2.45) is 0 Å². The number of nitrogens with one attached hydrogen (secondary N) is 1. The van der Waals surface area contributed by atoms with E-state index < -0.39 is 25.9 Å². The molecule has 1 aromatic carbocycles. The van der Waals surface area contributed by atoms with Gasteiger partial charge in [0.1, 0.15) is 5.75 Å². The summed E-state index contributed by atoms with van der Waals surface area (Å²) in [5.41, 5.74) is 0.234. The molecule has 0 bridgehead atoms. The third kappa shape index (κ3) is 5.08. The largest absolute Gasteiger partial charge is 0.495 e. The molecule has 2 atom stereocenters. The van der Waals surface area contributed by atoms with Crippen LogP contribution in [-0.4, -0.2) is 71.0 Å². The molecular weight excluding hydrogens is 420 g/mol. The van der Waals surface area contributed by atoms with Gasteiger partial charge in [-0.1, -0.05) is 0 Å². The van der Waals surface area contributed by atoms with Gasteiger partial charge in [-0.05, 0) is 37.5 Å². The topological polar surface area (TPSA) is 119 Å². The number of carbonyl (C=O) groups excluding carboxylic acids is 1. The SMILES string of the molecule is COc1ccc(S(=O)(=O)N(C[C@H]2CCCO2)[C@H]2CCS(=O)(=O)C2)cc1NC(C)=O. The molecule has 2 heterocycles. The van der Waals surface area contributed by atoms with Crippen molar-refractivity contribution >= 4 is 31.5 Å². The molecule has 1 amide bonds. The lowest BCUT2D eigenvalue weighted by atomic mass is 10.2. The highest BCUT2D eigenvalue weighted by atomic mass is 32.2. The lowest BCUT2D eigenvalue weighted by Gasteiger charge is -2.29. The molecule has 0 saturated carbocycles. The van der Waals surface area contributed by atoms with Crippen LogP contribution in [0.4, 0.5) is 5.69 Å². The van der Waals surface area contributed by atoms with E-state index in [9.17, 15) is 21.6 Å². The first kappa shape index (κ1) is 22.0. The van der Waals surface area contributed by atoms with Gasteiger partial charge >= 0.3 is 0 Å². The number of hydrogen-bond acceptors (Lipinski definition) is 7. The van der Waals surface area contributed by atoms with Crippen molar-refractivity contribution < 1.29 is 31.1 Å². The van der Waals surface area contributed by atoms with Gasteiger partial charge < -0.3 is 14.8 Å². The summed E-state index contributed by atoms with van der Waals surface area (Å²) < 4.78 is 63.0. The van der Waals surface area contributed by atoms with Gasteiger partial charge in [0, 0.05) is 26.1 Å². The second-order valence-electron chi connectivity index (χ2n) is 7.31. The summed E-state index contributed by atoms with van der Waals surface area (Å²) in [6.07, 6.45) is 1.56. The van der Waals surface area contributed by atoms with E-state index in [-0.39, 0.29) is 47.1 Å². The molecule has 1 N–H and O–H groups in total. The van der Waals surface area contributed by atoms with Crippen molar-refractivity contribution in [2.45, 2.75) is 43.2 Å². The highest BCUT2D eigenvalue weighted by molar-refractivity contribution is 7.92. The van der Waals surface area contributed by atoms with Gasteiger partial charge in [0.25, 0.3) is 0 Å². The lowest BCUT2D eigenvalue weighted by Crippen LogP contribution is -2.45. The first-order valence-electron chi connectivity index (χ1n) is 9.42. The Bertz CT molecular complexity index is 970. The van der Waals surface area contributed by atoms with E-state index in [1.165, 1.54) is 36.5 Å². The minimum absolute atomic E-state index is 0.0328. The van der Waals surface area contributed by atoms with E-state index in [0.717, 1.165) is 12.8 Å². The molecule has 3 rings (SSSR count). The van der Waals surface area contributed by atoms with Crippen molar-refractivity contribution in [3.63, 3.8) is 0 Å². The first-order chi connectivity index (χ1) is 13.6. The zero-order valence-corrected chi connectivity index (χ0v) is 18.1.